The van der Waals surface area contributed by atoms with Crippen LogP contribution in [0.1, 0.15) is 25.1 Å². The van der Waals surface area contributed by atoms with Crippen molar-refractivity contribution in [1.82, 2.24) is 18.4 Å². The van der Waals surface area contributed by atoms with Crippen molar-refractivity contribution < 1.29 is 13.2 Å². The number of rotatable bonds is 7. The molecule has 0 spiro atoms. The van der Waals surface area contributed by atoms with Crippen LogP contribution in [-0.4, -0.2) is 47.0 Å². The molecule has 0 amide bonds. The summed E-state index contributed by atoms with van der Waals surface area (Å²) in [4.78, 5) is 0. The molecular formula is C22H25ClN4O3S. The zero-order chi connectivity index (χ0) is 22.2. The Morgan fingerprint density at radius 3 is 2.39 bits per heavy atom. The molecule has 0 bridgehead atoms. The molecule has 0 fully saturated rings. The number of ether oxygens (including phenoxy) is 1. The van der Waals surface area contributed by atoms with Crippen LogP contribution in [0.4, 0.5) is 0 Å². The Balaban J connectivity index is 1.85. The monoisotopic (exact) mass is 460 g/mol. The third-order valence-corrected chi connectivity index (χ3v) is 7.85. The first-order valence-electron chi connectivity index (χ1n) is 10.2. The van der Waals surface area contributed by atoms with Gasteiger partial charge in [0.2, 0.25) is 0 Å². The minimum Gasteiger partial charge on any atom is -0.494 e. The number of halogens is 1. The molecule has 0 aliphatic carbocycles. The third kappa shape index (κ3) is 3.85. The second-order valence-electron chi connectivity index (χ2n) is 7.22. The highest BCUT2D eigenvalue weighted by atomic mass is 35.5. The molecule has 0 N–H and O–H groups in total. The molecule has 4 rings (SSSR count). The molecule has 2 aromatic carbocycles. The molecule has 1 aliphatic rings. The second-order valence-corrected chi connectivity index (χ2v) is 9.59. The molecule has 3 aromatic rings. The first kappa shape index (κ1) is 21.8. The molecule has 0 saturated carbocycles. The van der Waals surface area contributed by atoms with Gasteiger partial charge in [0, 0.05) is 35.8 Å². The van der Waals surface area contributed by atoms with E-state index in [0.717, 1.165) is 28.2 Å². The topological polar surface area (TPSA) is 67.7 Å². The van der Waals surface area contributed by atoms with Gasteiger partial charge in [-0.15, -0.1) is 0 Å². The molecule has 0 saturated heterocycles. The Morgan fingerprint density at radius 1 is 1.06 bits per heavy atom. The predicted molar refractivity (Wildman–Crippen MR) is 122 cm³/mol. The number of nitrogens with zero attached hydrogens (tertiary/aromatic N) is 4. The first-order chi connectivity index (χ1) is 14.9. The van der Waals surface area contributed by atoms with Gasteiger partial charge < -0.3 is 4.74 Å². The standard InChI is InChI=1S/C22H25ClN4O3S/c1-4-25(5-2)31(28,29)26-14-18-19(15-26)24-27(20-8-6-7-9-21(20)30-3)22(18)16-10-12-17(23)13-11-16/h6-13H,4-5,14-15H2,1-3H3. The number of aromatic nitrogens is 2. The van der Waals surface area contributed by atoms with E-state index >= 15 is 0 Å². The molecular weight excluding hydrogens is 436 g/mol. The van der Waals surface area contributed by atoms with E-state index in [1.54, 1.807) is 7.11 Å². The maximum absolute atomic E-state index is 13.1. The van der Waals surface area contributed by atoms with E-state index in [-0.39, 0.29) is 13.1 Å². The molecule has 164 valence electrons. The molecule has 7 nitrogen and oxygen atoms in total. The fraction of sp³-hybridized carbons (Fsp3) is 0.318. The van der Waals surface area contributed by atoms with Gasteiger partial charge in [-0.1, -0.05) is 49.7 Å². The Hall–Kier alpha value is -2.39. The van der Waals surface area contributed by atoms with Gasteiger partial charge in [0.15, 0.2) is 0 Å². The molecule has 2 heterocycles. The van der Waals surface area contributed by atoms with Crippen LogP contribution in [0.2, 0.25) is 5.02 Å². The lowest BCUT2D eigenvalue weighted by Gasteiger charge is -2.25. The highest BCUT2D eigenvalue weighted by molar-refractivity contribution is 7.86. The van der Waals surface area contributed by atoms with E-state index in [2.05, 4.69) is 0 Å². The number of hydrogen-bond donors (Lipinski definition) is 0. The molecule has 0 atom stereocenters. The first-order valence-corrected chi connectivity index (χ1v) is 11.9. The maximum Gasteiger partial charge on any atom is 0.282 e. The van der Waals surface area contributed by atoms with Crippen molar-refractivity contribution in [1.29, 1.82) is 0 Å². The minimum atomic E-state index is -3.56. The van der Waals surface area contributed by atoms with Crippen LogP contribution < -0.4 is 4.74 Å². The summed E-state index contributed by atoms with van der Waals surface area (Å²) in [6.07, 6.45) is 0. The summed E-state index contributed by atoms with van der Waals surface area (Å²) in [7, 11) is -1.94. The van der Waals surface area contributed by atoms with Gasteiger partial charge in [-0.3, -0.25) is 0 Å². The lowest BCUT2D eigenvalue weighted by Crippen LogP contribution is -2.41. The van der Waals surface area contributed by atoms with Crippen molar-refractivity contribution in [3.05, 3.63) is 64.8 Å². The molecule has 1 aliphatic heterocycles. The van der Waals surface area contributed by atoms with Crippen molar-refractivity contribution >= 4 is 21.8 Å². The van der Waals surface area contributed by atoms with Gasteiger partial charge in [-0.2, -0.15) is 22.1 Å². The second kappa shape index (κ2) is 8.63. The summed E-state index contributed by atoms with van der Waals surface area (Å²) >= 11 is 6.11. The maximum atomic E-state index is 13.1. The summed E-state index contributed by atoms with van der Waals surface area (Å²) in [5.74, 6) is 0.687. The van der Waals surface area contributed by atoms with Crippen LogP contribution in [0.25, 0.3) is 16.9 Å². The quantitative estimate of drug-likeness (QED) is 0.532. The normalized spacial score (nSPS) is 14.2. The minimum absolute atomic E-state index is 0.233. The molecule has 1 aromatic heterocycles. The zero-order valence-corrected chi connectivity index (χ0v) is 19.3. The third-order valence-electron chi connectivity index (χ3n) is 5.52. The lowest BCUT2D eigenvalue weighted by molar-refractivity contribution is 0.353. The van der Waals surface area contributed by atoms with Gasteiger partial charge >= 0.3 is 0 Å². The van der Waals surface area contributed by atoms with E-state index in [1.165, 1.54) is 8.61 Å². The van der Waals surface area contributed by atoms with E-state index in [0.29, 0.717) is 23.9 Å². The van der Waals surface area contributed by atoms with Gasteiger partial charge in [0.1, 0.15) is 11.4 Å². The number of fused-ring (bicyclic) bond motifs is 1. The van der Waals surface area contributed by atoms with Gasteiger partial charge in [-0.25, -0.2) is 4.68 Å². The fourth-order valence-corrected chi connectivity index (χ4v) is 5.63. The number of hydrogen-bond acceptors (Lipinski definition) is 4. The van der Waals surface area contributed by atoms with Crippen LogP contribution in [0.15, 0.2) is 48.5 Å². The van der Waals surface area contributed by atoms with Gasteiger partial charge in [0.25, 0.3) is 10.2 Å². The van der Waals surface area contributed by atoms with Gasteiger partial charge in [0.05, 0.1) is 25.0 Å². The van der Waals surface area contributed by atoms with E-state index in [9.17, 15) is 8.42 Å². The van der Waals surface area contributed by atoms with Crippen LogP contribution in [0.3, 0.4) is 0 Å². The van der Waals surface area contributed by atoms with Crippen molar-refractivity contribution in [3.63, 3.8) is 0 Å². The summed E-state index contributed by atoms with van der Waals surface area (Å²) in [5.41, 5.74) is 4.18. The average Bonchev–Trinajstić information content (AvgIpc) is 3.34. The summed E-state index contributed by atoms with van der Waals surface area (Å²) in [6, 6.07) is 15.1. The van der Waals surface area contributed by atoms with E-state index < -0.39 is 10.2 Å². The Morgan fingerprint density at radius 2 is 1.74 bits per heavy atom. The SMILES string of the molecule is CCN(CC)S(=O)(=O)N1Cc2nn(-c3ccccc3OC)c(-c3ccc(Cl)cc3)c2C1. The number of para-hydroxylation sites is 2. The number of benzene rings is 2. The summed E-state index contributed by atoms with van der Waals surface area (Å²) < 4.78 is 36.5. The molecule has 0 unspecified atom stereocenters. The van der Waals surface area contributed by atoms with Crippen molar-refractivity contribution in [2.24, 2.45) is 0 Å². The smallest absolute Gasteiger partial charge is 0.282 e. The predicted octanol–water partition coefficient (Wildman–Crippen LogP) is 4.10. The van der Waals surface area contributed by atoms with E-state index in [4.69, 9.17) is 21.4 Å². The lowest BCUT2D eigenvalue weighted by atomic mass is 10.1. The highest BCUT2D eigenvalue weighted by Gasteiger charge is 2.37. The Bertz CT molecular complexity index is 1190. The summed E-state index contributed by atoms with van der Waals surface area (Å²) in [6.45, 7) is 5.04. The number of methoxy groups -OCH3 is 1. The zero-order valence-electron chi connectivity index (χ0n) is 17.7. The molecule has 0 radical (unpaired) electrons. The van der Waals surface area contributed by atoms with Crippen molar-refractivity contribution in [2.75, 3.05) is 20.2 Å². The molecule has 31 heavy (non-hydrogen) atoms. The summed E-state index contributed by atoms with van der Waals surface area (Å²) in [5, 5.41) is 5.46. The highest BCUT2D eigenvalue weighted by Crippen LogP contribution is 2.38. The van der Waals surface area contributed by atoms with Crippen LogP contribution in [-0.2, 0) is 23.3 Å². The largest absolute Gasteiger partial charge is 0.494 e. The van der Waals surface area contributed by atoms with Crippen LogP contribution in [0.5, 0.6) is 5.75 Å². The Labute approximate surface area is 188 Å². The average molecular weight is 461 g/mol. The molecule has 9 heteroatoms. The van der Waals surface area contributed by atoms with E-state index in [1.807, 2.05) is 67.1 Å². The van der Waals surface area contributed by atoms with Crippen molar-refractivity contribution in [3.8, 4) is 22.7 Å². The van der Waals surface area contributed by atoms with Gasteiger partial charge in [-0.05, 0) is 24.3 Å². The van der Waals surface area contributed by atoms with Crippen LogP contribution >= 0.6 is 11.6 Å². The Kier molecular flexibility index (Phi) is 6.07. The van der Waals surface area contributed by atoms with Crippen LogP contribution in [0, 0.1) is 0 Å². The fourth-order valence-electron chi connectivity index (χ4n) is 3.95. The van der Waals surface area contributed by atoms with Crippen molar-refractivity contribution in [2.45, 2.75) is 26.9 Å².